The molecule has 4 heteroatoms. The number of carboxylic acid groups (broad SMARTS) is 1. The molecular formula is C13H12O4. The molecule has 1 aromatic carbocycles. The molecule has 17 heavy (non-hydrogen) atoms. The zero-order valence-electron chi connectivity index (χ0n) is 9.25. The van der Waals surface area contributed by atoms with Crippen LogP contribution in [0.5, 0.6) is 0 Å². The molecule has 1 aromatic rings. The summed E-state index contributed by atoms with van der Waals surface area (Å²) >= 11 is 0. The van der Waals surface area contributed by atoms with Crippen molar-refractivity contribution in [2.75, 3.05) is 0 Å². The molecule has 0 unspecified atom stereocenters. The number of aliphatic hydroxyl groups excluding tert-OH is 1. The summed E-state index contributed by atoms with van der Waals surface area (Å²) in [6.07, 6.45) is 3.35. The van der Waals surface area contributed by atoms with Crippen LogP contribution in [0.1, 0.15) is 11.1 Å². The van der Waals surface area contributed by atoms with E-state index in [1.165, 1.54) is 12.2 Å². The molecule has 0 atom stereocenters. The molecule has 0 aromatic heterocycles. The molecule has 0 spiro atoms. The van der Waals surface area contributed by atoms with Gasteiger partial charge in [-0.25, -0.2) is 4.79 Å². The van der Waals surface area contributed by atoms with E-state index in [0.717, 1.165) is 11.6 Å². The zero-order chi connectivity index (χ0) is 12.8. The lowest BCUT2D eigenvalue weighted by Crippen LogP contribution is -2.08. The van der Waals surface area contributed by atoms with Crippen molar-refractivity contribution in [3.8, 4) is 0 Å². The zero-order valence-corrected chi connectivity index (χ0v) is 9.25. The average molecular weight is 232 g/mol. The topological polar surface area (TPSA) is 74.6 Å². The Labute approximate surface area is 98.5 Å². The van der Waals surface area contributed by atoms with Crippen molar-refractivity contribution in [3.63, 3.8) is 0 Å². The number of aryl methyl sites for hydroxylation is 1. The summed E-state index contributed by atoms with van der Waals surface area (Å²) in [4.78, 5) is 20.9. The van der Waals surface area contributed by atoms with Crippen molar-refractivity contribution >= 4 is 17.5 Å². The molecule has 88 valence electrons. The molecule has 0 aliphatic rings. The second kappa shape index (κ2) is 5.65. The van der Waals surface area contributed by atoms with Crippen LogP contribution >= 0.6 is 0 Å². The SMILES string of the molecule is Cc1ccc(/C(O)=C/C=C/C(=O)C(=O)O)cc1. The van der Waals surface area contributed by atoms with Crippen molar-refractivity contribution in [1.29, 1.82) is 0 Å². The molecule has 4 nitrogen and oxygen atoms in total. The summed E-state index contributed by atoms with van der Waals surface area (Å²) in [6, 6.07) is 7.14. The predicted octanol–water partition coefficient (Wildman–Crippen LogP) is 2.10. The molecule has 0 saturated heterocycles. The Kier molecular flexibility index (Phi) is 4.22. The van der Waals surface area contributed by atoms with E-state index >= 15 is 0 Å². The van der Waals surface area contributed by atoms with Gasteiger partial charge < -0.3 is 10.2 Å². The summed E-state index contributed by atoms with van der Waals surface area (Å²) in [6.45, 7) is 1.93. The van der Waals surface area contributed by atoms with Gasteiger partial charge in [0.15, 0.2) is 0 Å². The van der Waals surface area contributed by atoms with Crippen LogP contribution in [0.25, 0.3) is 5.76 Å². The minimum Gasteiger partial charge on any atom is -0.507 e. The normalized spacial score (nSPS) is 11.7. The minimum absolute atomic E-state index is 0.0283. The fourth-order valence-electron chi connectivity index (χ4n) is 1.12. The highest BCUT2D eigenvalue weighted by atomic mass is 16.4. The molecule has 0 amide bonds. The number of carboxylic acids is 1. The Balaban J connectivity index is 2.76. The van der Waals surface area contributed by atoms with Gasteiger partial charge in [-0.15, -0.1) is 0 Å². The van der Waals surface area contributed by atoms with Crippen molar-refractivity contribution in [3.05, 3.63) is 53.6 Å². The summed E-state index contributed by atoms with van der Waals surface area (Å²) in [7, 11) is 0. The summed E-state index contributed by atoms with van der Waals surface area (Å²) in [5.41, 5.74) is 1.67. The Morgan fingerprint density at radius 1 is 1.12 bits per heavy atom. The number of allylic oxidation sites excluding steroid dienone is 2. The largest absolute Gasteiger partial charge is 0.507 e. The lowest BCUT2D eigenvalue weighted by Gasteiger charge is -1.99. The van der Waals surface area contributed by atoms with Crippen molar-refractivity contribution in [1.82, 2.24) is 0 Å². The number of carbonyl (C=O) groups excluding carboxylic acids is 1. The first-order valence-electron chi connectivity index (χ1n) is 4.92. The van der Waals surface area contributed by atoms with Crippen LogP contribution in [0.3, 0.4) is 0 Å². The molecule has 0 aliphatic carbocycles. The van der Waals surface area contributed by atoms with Crippen molar-refractivity contribution in [2.45, 2.75) is 6.92 Å². The van der Waals surface area contributed by atoms with Crippen molar-refractivity contribution < 1.29 is 19.8 Å². The van der Waals surface area contributed by atoms with Crippen LogP contribution in [-0.2, 0) is 9.59 Å². The molecule has 0 bridgehead atoms. The van der Waals surface area contributed by atoms with Crippen LogP contribution < -0.4 is 0 Å². The van der Waals surface area contributed by atoms with E-state index in [4.69, 9.17) is 5.11 Å². The number of benzene rings is 1. The van der Waals surface area contributed by atoms with Crippen LogP contribution in [0.4, 0.5) is 0 Å². The monoisotopic (exact) mass is 232 g/mol. The van der Waals surface area contributed by atoms with Gasteiger partial charge in [0.25, 0.3) is 5.78 Å². The summed E-state index contributed by atoms with van der Waals surface area (Å²) in [5.74, 6) is -2.58. The summed E-state index contributed by atoms with van der Waals surface area (Å²) in [5, 5.41) is 17.9. The highest BCUT2D eigenvalue weighted by Crippen LogP contribution is 2.12. The Hall–Kier alpha value is -2.36. The average Bonchev–Trinajstić information content (AvgIpc) is 2.29. The third-order valence-corrected chi connectivity index (χ3v) is 2.06. The Morgan fingerprint density at radius 2 is 1.71 bits per heavy atom. The Morgan fingerprint density at radius 3 is 2.24 bits per heavy atom. The lowest BCUT2D eigenvalue weighted by molar-refractivity contribution is -0.146. The lowest BCUT2D eigenvalue weighted by atomic mass is 10.1. The fourth-order valence-corrected chi connectivity index (χ4v) is 1.12. The van der Waals surface area contributed by atoms with E-state index in [-0.39, 0.29) is 5.76 Å². The smallest absolute Gasteiger partial charge is 0.376 e. The molecule has 2 N–H and O–H groups in total. The number of ketones is 1. The van der Waals surface area contributed by atoms with Gasteiger partial charge in [0.05, 0.1) is 0 Å². The number of aliphatic carboxylic acids is 1. The quantitative estimate of drug-likeness (QED) is 0.361. The maximum Gasteiger partial charge on any atom is 0.376 e. The van der Waals surface area contributed by atoms with E-state index < -0.39 is 11.8 Å². The van der Waals surface area contributed by atoms with E-state index in [2.05, 4.69) is 0 Å². The van der Waals surface area contributed by atoms with E-state index in [1.54, 1.807) is 12.1 Å². The van der Waals surface area contributed by atoms with Gasteiger partial charge in [0.1, 0.15) is 5.76 Å². The highest BCUT2D eigenvalue weighted by molar-refractivity contribution is 6.37. The van der Waals surface area contributed by atoms with Gasteiger partial charge in [0.2, 0.25) is 0 Å². The molecule has 0 radical (unpaired) electrons. The predicted molar refractivity (Wildman–Crippen MR) is 63.6 cm³/mol. The molecular weight excluding hydrogens is 220 g/mol. The summed E-state index contributed by atoms with van der Waals surface area (Å²) < 4.78 is 0. The van der Waals surface area contributed by atoms with E-state index in [9.17, 15) is 14.7 Å². The molecule has 0 fully saturated rings. The number of carbonyl (C=O) groups is 2. The molecule has 0 saturated carbocycles. The van der Waals surface area contributed by atoms with Crippen LogP contribution in [0.15, 0.2) is 42.5 Å². The first-order valence-corrected chi connectivity index (χ1v) is 4.92. The highest BCUT2D eigenvalue weighted by Gasteiger charge is 2.04. The van der Waals surface area contributed by atoms with Crippen LogP contribution in [0.2, 0.25) is 0 Å². The number of hydrogen-bond acceptors (Lipinski definition) is 3. The van der Waals surface area contributed by atoms with Crippen LogP contribution in [-0.4, -0.2) is 22.0 Å². The number of aliphatic hydroxyl groups is 1. The maximum atomic E-state index is 10.7. The van der Waals surface area contributed by atoms with Crippen LogP contribution in [0, 0.1) is 6.92 Å². The standard InChI is InChI=1S/C13H12O4/c1-9-5-7-10(8-6-9)11(14)3-2-4-12(15)13(16)17/h2-8,14H,1H3,(H,16,17)/b4-2+,11-3-. The minimum atomic E-state index is -1.52. The molecule has 1 rings (SSSR count). The first-order chi connectivity index (χ1) is 8.00. The number of rotatable bonds is 4. The molecule has 0 heterocycles. The molecule has 0 aliphatic heterocycles. The third-order valence-electron chi connectivity index (χ3n) is 2.06. The third kappa shape index (κ3) is 3.95. The fraction of sp³-hybridized carbons (Fsp3) is 0.0769. The second-order valence-corrected chi connectivity index (χ2v) is 3.45. The van der Waals surface area contributed by atoms with Gasteiger partial charge in [-0.05, 0) is 19.1 Å². The van der Waals surface area contributed by atoms with Gasteiger partial charge in [-0.1, -0.05) is 35.9 Å². The van der Waals surface area contributed by atoms with Gasteiger partial charge >= 0.3 is 5.97 Å². The Bertz CT molecular complexity index is 481. The second-order valence-electron chi connectivity index (χ2n) is 3.45. The number of hydrogen-bond donors (Lipinski definition) is 2. The van der Waals surface area contributed by atoms with Gasteiger partial charge in [-0.2, -0.15) is 0 Å². The van der Waals surface area contributed by atoms with Gasteiger partial charge in [-0.3, -0.25) is 4.79 Å². The first kappa shape index (κ1) is 12.7. The van der Waals surface area contributed by atoms with E-state index in [0.29, 0.717) is 5.56 Å². The maximum absolute atomic E-state index is 10.7. The van der Waals surface area contributed by atoms with Gasteiger partial charge in [0, 0.05) is 5.56 Å². The van der Waals surface area contributed by atoms with Crippen molar-refractivity contribution in [2.24, 2.45) is 0 Å². The van der Waals surface area contributed by atoms with E-state index in [1.807, 2.05) is 19.1 Å².